The van der Waals surface area contributed by atoms with Gasteiger partial charge in [0.2, 0.25) is 0 Å². The first-order chi connectivity index (χ1) is 31.9. The first-order valence-corrected chi connectivity index (χ1v) is 21.3. The molecule has 0 N–H and O–H groups in total. The Morgan fingerprint density at radius 1 is 0.470 bits per heavy atom. The molecule has 0 aliphatic heterocycles. The highest BCUT2D eigenvalue weighted by atomic mass is 19.1. The summed E-state index contributed by atoms with van der Waals surface area (Å²) < 4.78 is 64.7. The molecule has 10 rings (SSSR count). The van der Waals surface area contributed by atoms with Gasteiger partial charge in [-0.15, -0.1) is 0 Å². The van der Waals surface area contributed by atoms with Gasteiger partial charge in [-0.1, -0.05) is 107 Å². The minimum atomic E-state index is -0.776. The average molecular weight is 867 g/mol. The second kappa shape index (κ2) is 16.3. The SMILES string of the molecule is [C-]#[N+]c1ccc(N(c2c(F)cc(F)cc2-c2cc(C)cc(C)c2)c2ccc3ccc4c(N(c5ccc(C#N)cc5)c5c(F)cc(F)cc5-c5cc(C)cc(C)c5)ccc5ccc2c3c54)cc1. The van der Waals surface area contributed by atoms with Crippen LogP contribution in [0.5, 0.6) is 0 Å². The molecule has 0 aliphatic carbocycles. The van der Waals surface area contributed by atoms with Gasteiger partial charge in [-0.25, -0.2) is 22.4 Å². The van der Waals surface area contributed by atoms with E-state index in [0.717, 1.165) is 66.7 Å². The summed E-state index contributed by atoms with van der Waals surface area (Å²) in [5, 5.41) is 14.7. The summed E-state index contributed by atoms with van der Waals surface area (Å²) in [6, 6.07) is 47.8. The fourth-order valence-electron chi connectivity index (χ4n) is 9.59. The van der Waals surface area contributed by atoms with Crippen molar-refractivity contribution in [2.45, 2.75) is 27.7 Å². The van der Waals surface area contributed by atoms with E-state index < -0.39 is 23.3 Å². The molecular formula is C58H38F4N4. The minimum Gasteiger partial charge on any atom is -0.307 e. The van der Waals surface area contributed by atoms with Crippen LogP contribution in [0.4, 0.5) is 57.4 Å². The third-order valence-corrected chi connectivity index (χ3v) is 12.2. The molecule has 66 heavy (non-hydrogen) atoms. The molecular weight excluding hydrogens is 829 g/mol. The van der Waals surface area contributed by atoms with E-state index in [0.29, 0.717) is 56.3 Å². The van der Waals surface area contributed by atoms with Crippen LogP contribution in [0.3, 0.4) is 0 Å². The van der Waals surface area contributed by atoms with Gasteiger partial charge in [-0.05, 0) is 121 Å². The first-order valence-electron chi connectivity index (χ1n) is 21.3. The Labute approximate surface area is 379 Å². The number of hydrogen-bond donors (Lipinski definition) is 0. The van der Waals surface area contributed by atoms with Gasteiger partial charge in [0.25, 0.3) is 0 Å². The molecule has 0 aromatic heterocycles. The van der Waals surface area contributed by atoms with Gasteiger partial charge in [0, 0.05) is 45.4 Å². The van der Waals surface area contributed by atoms with E-state index in [4.69, 9.17) is 6.57 Å². The predicted molar refractivity (Wildman–Crippen MR) is 260 cm³/mol. The fraction of sp³-hybridized carbons (Fsp3) is 0.0690. The number of hydrogen-bond acceptors (Lipinski definition) is 3. The van der Waals surface area contributed by atoms with Crippen molar-refractivity contribution in [2.24, 2.45) is 0 Å². The fourth-order valence-corrected chi connectivity index (χ4v) is 9.59. The Bertz CT molecular complexity index is 3380. The molecule has 10 aromatic rings. The van der Waals surface area contributed by atoms with Crippen molar-refractivity contribution in [3.05, 3.63) is 220 Å². The summed E-state index contributed by atoms with van der Waals surface area (Å²) in [7, 11) is 0. The lowest BCUT2D eigenvalue weighted by Gasteiger charge is -2.31. The number of benzene rings is 10. The maximum atomic E-state index is 16.9. The van der Waals surface area contributed by atoms with Crippen LogP contribution in [0.15, 0.2) is 158 Å². The van der Waals surface area contributed by atoms with E-state index in [-0.39, 0.29) is 11.4 Å². The Morgan fingerprint density at radius 2 is 0.864 bits per heavy atom. The highest BCUT2D eigenvalue weighted by Crippen LogP contribution is 2.51. The number of anilines is 6. The van der Waals surface area contributed by atoms with Crippen molar-refractivity contribution in [3.63, 3.8) is 0 Å². The number of aryl methyl sites for hydroxylation is 4. The molecule has 8 heteroatoms. The number of nitriles is 1. The first kappa shape index (κ1) is 41.5. The zero-order valence-corrected chi connectivity index (χ0v) is 36.3. The summed E-state index contributed by atoms with van der Waals surface area (Å²) in [6.07, 6.45) is 0. The second-order valence-electron chi connectivity index (χ2n) is 16.9. The van der Waals surface area contributed by atoms with Gasteiger partial charge in [0.1, 0.15) is 11.6 Å². The van der Waals surface area contributed by atoms with E-state index in [1.54, 1.807) is 58.3 Å². The van der Waals surface area contributed by atoms with Crippen LogP contribution in [0.1, 0.15) is 27.8 Å². The minimum absolute atomic E-state index is 0.126. The van der Waals surface area contributed by atoms with Crippen molar-refractivity contribution in [1.82, 2.24) is 0 Å². The van der Waals surface area contributed by atoms with Crippen molar-refractivity contribution in [1.29, 1.82) is 5.26 Å². The molecule has 0 amide bonds. The highest BCUT2D eigenvalue weighted by molar-refractivity contribution is 6.28. The Hall–Kier alpha value is -8.46. The Morgan fingerprint density at radius 3 is 1.26 bits per heavy atom. The molecule has 0 unspecified atom stereocenters. The van der Waals surface area contributed by atoms with Crippen LogP contribution >= 0.6 is 0 Å². The number of nitrogens with zero attached hydrogens (tertiary/aromatic N) is 4. The standard InChI is InChI=1S/C58H38F4N4/c1-33-22-34(2)25-40(24-33)49-28-42(59)30-51(61)57(49)65(45-14-6-37(32-63)7-15-45)53-20-10-38-9-19-48-54(21-11-39-8-18-47(53)55(38)56(39)48)66(46-16-12-44(64-5)13-17-46)58-50(29-43(60)31-52(58)62)41-26-35(3)23-36(4)27-41/h6-31H,1-4H3. The van der Waals surface area contributed by atoms with Crippen molar-refractivity contribution in [3.8, 4) is 28.3 Å². The summed E-state index contributed by atoms with van der Waals surface area (Å²) in [5.74, 6) is -2.99. The predicted octanol–water partition coefficient (Wildman–Crippen LogP) is 17.1. The van der Waals surface area contributed by atoms with E-state index in [9.17, 15) is 5.26 Å². The Kier molecular flexibility index (Phi) is 10.2. The largest absolute Gasteiger partial charge is 0.307 e. The third kappa shape index (κ3) is 7.19. The quantitative estimate of drug-likeness (QED) is 0.0867. The molecule has 10 aromatic carbocycles. The summed E-state index contributed by atoms with van der Waals surface area (Å²) in [5.41, 5.74) is 9.06. The van der Waals surface area contributed by atoms with Gasteiger partial charge in [0.15, 0.2) is 17.3 Å². The maximum Gasteiger partial charge on any atom is 0.187 e. The topological polar surface area (TPSA) is 34.6 Å². The van der Waals surface area contributed by atoms with Crippen molar-refractivity contribution < 1.29 is 17.6 Å². The summed E-state index contributed by atoms with van der Waals surface area (Å²) >= 11 is 0. The molecule has 0 saturated heterocycles. The number of halogens is 4. The highest BCUT2D eigenvalue weighted by Gasteiger charge is 2.28. The smallest absolute Gasteiger partial charge is 0.187 e. The van der Waals surface area contributed by atoms with E-state index >= 15 is 17.6 Å². The van der Waals surface area contributed by atoms with Crippen LogP contribution < -0.4 is 9.80 Å². The summed E-state index contributed by atoms with van der Waals surface area (Å²) in [6.45, 7) is 15.4. The summed E-state index contributed by atoms with van der Waals surface area (Å²) in [4.78, 5) is 7.17. The van der Waals surface area contributed by atoms with Crippen molar-refractivity contribution >= 4 is 72.1 Å². The van der Waals surface area contributed by atoms with Crippen LogP contribution in [0.2, 0.25) is 0 Å². The molecule has 0 bridgehead atoms. The molecule has 0 radical (unpaired) electrons. The third-order valence-electron chi connectivity index (χ3n) is 12.2. The monoisotopic (exact) mass is 866 g/mol. The molecule has 0 heterocycles. The molecule has 0 saturated carbocycles. The average Bonchev–Trinajstić information content (AvgIpc) is 3.29. The van der Waals surface area contributed by atoms with Gasteiger partial charge in [0.05, 0.1) is 41.0 Å². The van der Waals surface area contributed by atoms with Crippen LogP contribution in [0.25, 0.3) is 59.4 Å². The maximum absolute atomic E-state index is 16.9. The molecule has 0 aliphatic rings. The van der Waals surface area contributed by atoms with Gasteiger partial charge in [-0.3, -0.25) is 0 Å². The van der Waals surface area contributed by atoms with Gasteiger partial charge >= 0.3 is 0 Å². The zero-order chi connectivity index (χ0) is 46.0. The van der Waals surface area contributed by atoms with Gasteiger partial charge in [-0.2, -0.15) is 5.26 Å². The lowest BCUT2D eigenvalue weighted by molar-refractivity contribution is 0.584. The lowest BCUT2D eigenvalue weighted by atomic mass is 9.91. The lowest BCUT2D eigenvalue weighted by Crippen LogP contribution is -2.15. The molecule has 318 valence electrons. The Balaban J connectivity index is 1.27. The van der Waals surface area contributed by atoms with Crippen LogP contribution in [0, 0.1) is 68.9 Å². The zero-order valence-electron chi connectivity index (χ0n) is 36.3. The van der Waals surface area contributed by atoms with Crippen molar-refractivity contribution in [2.75, 3.05) is 9.80 Å². The van der Waals surface area contributed by atoms with E-state index in [2.05, 4.69) is 10.9 Å². The molecule has 0 spiro atoms. The number of rotatable bonds is 8. The molecule has 0 fully saturated rings. The molecule has 0 atom stereocenters. The van der Waals surface area contributed by atoms with Crippen LogP contribution in [-0.4, -0.2) is 0 Å². The van der Waals surface area contributed by atoms with Crippen LogP contribution in [-0.2, 0) is 0 Å². The normalized spacial score (nSPS) is 11.3. The second-order valence-corrected chi connectivity index (χ2v) is 16.9. The molecule has 4 nitrogen and oxygen atoms in total. The van der Waals surface area contributed by atoms with E-state index in [1.807, 2.05) is 113 Å². The van der Waals surface area contributed by atoms with Gasteiger partial charge < -0.3 is 9.80 Å². The van der Waals surface area contributed by atoms with E-state index in [1.165, 1.54) is 12.1 Å².